The van der Waals surface area contributed by atoms with Crippen LogP contribution in [0.5, 0.6) is 0 Å². The van der Waals surface area contributed by atoms with Crippen LogP contribution in [-0.2, 0) is 5.60 Å². The van der Waals surface area contributed by atoms with Crippen LogP contribution < -0.4 is 5.32 Å². The van der Waals surface area contributed by atoms with Gasteiger partial charge in [-0.25, -0.2) is 9.97 Å². The molecule has 0 unspecified atom stereocenters. The van der Waals surface area contributed by atoms with E-state index in [2.05, 4.69) is 20.5 Å². The van der Waals surface area contributed by atoms with Gasteiger partial charge in [0.1, 0.15) is 10.3 Å². The second-order valence-corrected chi connectivity index (χ2v) is 8.42. The Labute approximate surface area is 171 Å². The van der Waals surface area contributed by atoms with Gasteiger partial charge in [-0.3, -0.25) is 15.2 Å². The molecule has 0 fully saturated rings. The Morgan fingerprint density at radius 3 is 2.45 bits per heavy atom. The van der Waals surface area contributed by atoms with Crippen molar-refractivity contribution >= 4 is 32.7 Å². The average molecular weight is 407 g/mol. The van der Waals surface area contributed by atoms with Crippen LogP contribution in [0.4, 0.5) is 5.13 Å². The van der Waals surface area contributed by atoms with E-state index >= 15 is 0 Å². The number of aliphatic hydroxyl groups is 1. The minimum atomic E-state index is -0.947. The van der Waals surface area contributed by atoms with Gasteiger partial charge in [0.15, 0.2) is 5.13 Å². The molecule has 29 heavy (non-hydrogen) atoms. The number of aromatic nitrogens is 4. The number of aryl methyl sites for hydroxylation is 2. The number of amides is 1. The molecule has 4 rings (SSSR count). The van der Waals surface area contributed by atoms with Crippen LogP contribution >= 0.6 is 11.3 Å². The molecular formula is C21H21N5O2S. The van der Waals surface area contributed by atoms with E-state index < -0.39 is 5.60 Å². The lowest BCUT2D eigenvalue weighted by atomic mass is 9.97. The number of thiazole rings is 1. The minimum Gasteiger partial charge on any atom is -0.386 e. The molecule has 0 saturated heterocycles. The van der Waals surface area contributed by atoms with Gasteiger partial charge in [0.25, 0.3) is 5.91 Å². The number of benzene rings is 1. The molecule has 1 amide bonds. The smallest absolute Gasteiger partial charge is 0.257 e. The fraction of sp³-hybridized carbons (Fsp3) is 0.238. The molecule has 0 aliphatic heterocycles. The summed E-state index contributed by atoms with van der Waals surface area (Å²) in [5, 5.41) is 20.5. The van der Waals surface area contributed by atoms with E-state index in [0.29, 0.717) is 10.7 Å². The van der Waals surface area contributed by atoms with Gasteiger partial charge in [-0.15, -0.1) is 0 Å². The topological polar surface area (TPSA) is 104 Å². The zero-order valence-electron chi connectivity index (χ0n) is 16.6. The van der Waals surface area contributed by atoms with E-state index in [4.69, 9.17) is 4.98 Å². The number of hydrogen-bond acceptors (Lipinski definition) is 6. The predicted octanol–water partition coefficient (Wildman–Crippen LogP) is 4.18. The lowest BCUT2D eigenvalue weighted by Gasteiger charge is -2.17. The fourth-order valence-electron chi connectivity index (χ4n) is 3.14. The number of hydrogen-bond donors (Lipinski definition) is 3. The molecule has 0 bridgehead atoms. The number of anilines is 1. The third kappa shape index (κ3) is 3.76. The molecule has 3 N–H and O–H groups in total. The van der Waals surface area contributed by atoms with E-state index in [9.17, 15) is 9.90 Å². The van der Waals surface area contributed by atoms with Gasteiger partial charge in [-0.1, -0.05) is 23.5 Å². The summed E-state index contributed by atoms with van der Waals surface area (Å²) in [4.78, 5) is 22.5. The van der Waals surface area contributed by atoms with Gasteiger partial charge in [0, 0.05) is 16.8 Å². The Morgan fingerprint density at radius 1 is 1.10 bits per heavy atom. The third-order valence-electron chi connectivity index (χ3n) is 4.71. The molecule has 8 heteroatoms. The van der Waals surface area contributed by atoms with Crippen LogP contribution in [0.2, 0.25) is 0 Å². The number of rotatable bonds is 4. The molecule has 1 aromatic carbocycles. The van der Waals surface area contributed by atoms with Crippen LogP contribution in [0.3, 0.4) is 0 Å². The molecule has 4 aromatic rings. The quantitative estimate of drug-likeness (QED) is 0.471. The fourth-order valence-corrected chi connectivity index (χ4v) is 3.97. The Bertz CT molecular complexity index is 1180. The minimum absolute atomic E-state index is 0.256. The first kappa shape index (κ1) is 19.2. The molecule has 0 radical (unpaired) electrons. The van der Waals surface area contributed by atoms with Crippen molar-refractivity contribution in [2.24, 2.45) is 0 Å². The van der Waals surface area contributed by atoms with Crippen molar-refractivity contribution in [2.75, 3.05) is 5.32 Å². The molecule has 0 spiro atoms. The highest BCUT2D eigenvalue weighted by Crippen LogP contribution is 2.30. The molecule has 148 valence electrons. The number of nitrogens with zero attached hydrogens (tertiary/aromatic N) is 3. The van der Waals surface area contributed by atoms with Gasteiger partial charge in [0.2, 0.25) is 0 Å². The zero-order chi connectivity index (χ0) is 20.8. The number of fused-ring (bicyclic) bond motifs is 1. The zero-order valence-corrected chi connectivity index (χ0v) is 17.4. The summed E-state index contributed by atoms with van der Waals surface area (Å²) in [6.45, 7) is 7.31. The molecular weight excluding hydrogens is 386 g/mol. The number of carbonyl (C=O) groups excluding carboxylic acids is 1. The molecule has 7 nitrogen and oxygen atoms in total. The monoisotopic (exact) mass is 407 g/mol. The van der Waals surface area contributed by atoms with E-state index in [1.807, 2.05) is 26.0 Å². The van der Waals surface area contributed by atoms with E-state index in [1.165, 1.54) is 11.3 Å². The highest BCUT2D eigenvalue weighted by molar-refractivity contribution is 7.22. The van der Waals surface area contributed by atoms with Crippen molar-refractivity contribution in [3.63, 3.8) is 0 Å². The van der Waals surface area contributed by atoms with Crippen LogP contribution in [0.1, 0.15) is 41.2 Å². The second kappa shape index (κ2) is 7.06. The van der Waals surface area contributed by atoms with E-state index in [0.717, 1.165) is 38.6 Å². The normalized spacial score (nSPS) is 11.8. The predicted molar refractivity (Wildman–Crippen MR) is 114 cm³/mol. The van der Waals surface area contributed by atoms with Crippen molar-refractivity contribution in [3.05, 3.63) is 58.9 Å². The molecule has 3 aromatic heterocycles. The van der Waals surface area contributed by atoms with Gasteiger partial charge in [-0.05, 0) is 57.5 Å². The largest absolute Gasteiger partial charge is 0.386 e. The molecule has 0 aliphatic rings. The number of H-pyrrole nitrogens is 1. The molecule has 0 atom stereocenters. The number of pyridine rings is 1. The van der Waals surface area contributed by atoms with Gasteiger partial charge >= 0.3 is 0 Å². The first-order valence-electron chi connectivity index (χ1n) is 9.16. The molecule has 3 heterocycles. The molecule has 0 saturated carbocycles. The Hall–Kier alpha value is -3.10. The van der Waals surface area contributed by atoms with Gasteiger partial charge in [0.05, 0.1) is 17.0 Å². The highest BCUT2D eigenvalue weighted by atomic mass is 32.1. The van der Waals surface area contributed by atoms with Gasteiger partial charge < -0.3 is 5.11 Å². The number of carbonyl (C=O) groups is 1. The number of aromatic amines is 1. The summed E-state index contributed by atoms with van der Waals surface area (Å²) in [5.41, 5.74) is 4.68. The van der Waals surface area contributed by atoms with Crippen molar-refractivity contribution in [1.82, 2.24) is 20.2 Å². The summed E-state index contributed by atoms with van der Waals surface area (Å²) in [6, 6.07) is 10.7. The Balaban J connectivity index is 1.58. The summed E-state index contributed by atoms with van der Waals surface area (Å²) >= 11 is 1.33. The Kier molecular flexibility index (Phi) is 4.68. The van der Waals surface area contributed by atoms with Crippen LogP contribution in [0.15, 0.2) is 36.4 Å². The second-order valence-electron chi connectivity index (χ2n) is 7.44. The summed E-state index contributed by atoms with van der Waals surface area (Å²) in [5.74, 6) is -0.256. The van der Waals surface area contributed by atoms with Crippen molar-refractivity contribution in [1.29, 1.82) is 0 Å². The maximum absolute atomic E-state index is 12.6. The highest BCUT2D eigenvalue weighted by Gasteiger charge is 2.17. The summed E-state index contributed by atoms with van der Waals surface area (Å²) < 4.78 is 0. The van der Waals surface area contributed by atoms with Crippen molar-refractivity contribution < 1.29 is 9.90 Å². The van der Waals surface area contributed by atoms with E-state index in [-0.39, 0.29) is 5.91 Å². The standard InChI is InChI=1S/C21H21N5O2S/c1-11-17(12(2)26-25-11)15-9-10-16-19(22-15)29-20(23-16)24-18(27)13-5-7-14(8-6-13)21(3,4)28/h5-10,28H,1-4H3,(H,25,26)(H,23,24,27). The third-order valence-corrected chi connectivity index (χ3v) is 5.59. The lowest BCUT2D eigenvalue weighted by molar-refractivity contribution is 0.0785. The van der Waals surface area contributed by atoms with Gasteiger partial charge in [-0.2, -0.15) is 5.10 Å². The average Bonchev–Trinajstić information content (AvgIpc) is 3.22. The lowest BCUT2D eigenvalue weighted by Crippen LogP contribution is -2.16. The molecule has 0 aliphatic carbocycles. The first-order chi connectivity index (χ1) is 13.7. The van der Waals surface area contributed by atoms with Crippen LogP contribution in [-0.4, -0.2) is 31.2 Å². The Morgan fingerprint density at radius 2 is 1.83 bits per heavy atom. The van der Waals surface area contributed by atoms with Crippen molar-refractivity contribution in [3.8, 4) is 11.3 Å². The van der Waals surface area contributed by atoms with Crippen LogP contribution in [0, 0.1) is 13.8 Å². The maximum Gasteiger partial charge on any atom is 0.257 e. The van der Waals surface area contributed by atoms with Crippen LogP contribution in [0.25, 0.3) is 21.6 Å². The number of nitrogens with one attached hydrogen (secondary N) is 2. The van der Waals surface area contributed by atoms with E-state index in [1.54, 1.807) is 38.1 Å². The maximum atomic E-state index is 12.6. The SMILES string of the molecule is Cc1n[nH]c(C)c1-c1ccc2nc(NC(=O)c3ccc(C(C)(C)O)cc3)sc2n1. The summed E-state index contributed by atoms with van der Waals surface area (Å²) in [7, 11) is 0. The first-order valence-corrected chi connectivity index (χ1v) is 9.98. The van der Waals surface area contributed by atoms with Crippen molar-refractivity contribution in [2.45, 2.75) is 33.3 Å². The summed E-state index contributed by atoms with van der Waals surface area (Å²) in [6.07, 6.45) is 0.